The number of ether oxygens (including phenoxy) is 1. The molecule has 0 radical (unpaired) electrons. The van der Waals surface area contributed by atoms with Gasteiger partial charge in [0.15, 0.2) is 0 Å². The summed E-state index contributed by atoms with van der Waals surface area (Å²) in [7, 11) is 0. The molecule has 2 aromatic carbocycles. The second-order valence-electron chi connectivity index (χ2n) is 5.81. The van der Waals surface area contributed by atoms with Gasteiger partial charge >= 0.3 is 0 Å². The number of carbonyl (C=O) groups excluding carboxylic acids is 1. The van der Waals surface area contributed by atoms with Crippen molar-refractivity contribution < 1.29 is 9.53 Å². The van der Waals surface area contributed by atoms with Gasteiger partial charge in [0.2, 0.25) is 0 Å². The lowest BCUT2D eigenvalue weighted by Crippen LogP contribution is -2.17. The van der Waals surface area contributed by atoms with Gasteiger partial charge in [-0.05, 0) is 53.8 Å². The molecule has 0 aliphatic carbocycles. The first-order valence-electron chi connectivity index (χ1n) is 8.12. The van der Waals surface area contributed by atoms with E-state index in [0.717, 1.165) is 34.4 Å². The third-order valence-corrected chi connectivity index (χ3v) is 5.08. The van der Waals surface area contributed by atoms with E-state index in [1.807, 2.05) is 37.3 Å². The average Bonchev–Trinajstić information content (AvgIpc) is 2.91. The molecular formula is C20H19NO2S2. The van der Waals surface area contributed by atoms with Crippen LogP contribution in [0.2, 0.25) is 0 Å². The summed E-state index contributed by atoms with van der Waals surface area (Å²) in [5.41, 5.74) is 4.33. The van der Waals surface area contributed by atoms with Crippen LogP contribution in [0.25, 0.3) is 6.08 Å². The van der Waals surface area contributed by atoms with Crippen molar-refractivity contribution in [1.82, 2.24) is 5.32 Å². The summed E-state index contributed by atoms with van der Waals surface area (Å²) in [6.45, 7) is 4.68. The first-order chi connectivity index (χ1) is 12.1. The highest BCUT2D eigenvalue weighted by atomic mass is 32.2. The highest BCUT2D eigenvalue weighted by Crippen LogP contribution is 2.31. The molecule has 128 valence electrons. The van der Waals surface area contributed by atoms with E-state index < -0.39 is 0 Å². The van der Waals surface area contributed by atoms with E-state index in [9.17, 15) is 4.79 Å². The van der Waals surface area contributed by atoms with E-state index in [-0.39, 0.29) is 5.91 Å². The molecule has 1 N–H and O–H groups in total. The van der Waals surface area contributed by atoms with Crippen LogP contribution < -0.4 is 10.1 Å². The topological polar surface area (TPSA) is 38.3 Å². The van der Waals surface area contributed by atoms with Gasteiger partial charge in [-0.25, -0.2) is 0 Å². The molecule has 1 aliphatic heterocycles. The number of hydrogen-bond acceptors (Lipinski definition) is 4. The Morgan fingerprint density at radius 2 is 2.00 bits per heavy atom. The summed E-state index contributed by atoms with van der Waals surface area (Å²) in [6, 6.07) is 14.2. The molecule has 0 unspecified atom stereocenters. The maximum absolute atomic E-state index is 11.8. The molecule has 0 aromatic heterocycles. The van der Waals surface area contributed by atoms with Crippen LogP contribution in [0.5, 0.6) is 5.75 Å². The molecule has 2 aromatic rings. The van der Waals surface area contributed by atoms with E-state index in [1.165, 1.54) is 11.8 Å². The zero-order valence-electron chi connectivity index (χ0n) is 14.2. The molecule has 0 saturated carbocycles. The van der Waals surface area contributed by atoms with Crippen LogP contribution >= 0.6 is 24.0 Å². The zero-order chi connectivity index (χ0) is 17.8. The third-order valence-electron chi connectivity index (χ3n) is 3.92. The molecule has 0 bridgehead atoms. The van der Waals surface area contributed by atoms with Crippen LogP contribution in [0.15, 0.2) is 47.4 Å². The molecule has 5 heteroatoms. The number of hydrogen-bond donors (Lipinski definition) is 1. The fraction of sp³-hybridized carbons (Fsp3) is 0.200. The van der Waals surface area contributed by atoms with Gasteiger partial charge < -0.3 is 10.1 Å². The number of thiocarbonyl (C=S) groups is 1. The Morgan fingerprint density at radius 3 is 2.64 bits per heavy atom. The smallest absolute Gasteiger partial charge is 0.263 e. The Labute approximate surface area is 157 Å². The fourth-order valence-electron chi connectivity index (χ4n) is 2.73. The Kier molecular flexibility index (Phi) is 5.56. The van der Waals surface area contributed by atoms with Gasteiger partial charge in [-0.1, -0.05) is 61.2 Å². The molecule has 1 amide bonds. The van der Waals surface area contributed by atoms with E-state index in [4.69, 9.17) is 17.0 Å². The molecule has 1 saturated heterocycles. The lowest BCUT2D eigenvalue weighted by Gasteiger charge is -2.15. The van der Waals surface area contributed by atoms with Crippen LogP contribution in [-0.2, 0) is 17.8 Å². The predicted octanol–water partition coefficient (Wildman–Crippen LogP) is 4.63. The summed E-state index contributed by atoms with van der Waals surface area (Å²) < 4.78 is 6.59. The molecule has 1 heterocycles. The van der Waals surface area contributed by atoms with Gasteiger partial charge in [0.05, 0.1) is 4.91 Å². The van der Waals surface area contributed by atoms with Crippen molar-refractivity contribution in [3.8, 4) is 5.75 Å². The van der Waals surface area contributed by atoms with E-state index in [2.05, 4.69) is 30.4 Å². The SMILES string of the molecule is CCc1cc(/C=C2\SC(=S)NC2=O)cc(C)c1OCc1ccccc1. The normalized spacial score (nSPS) is 15.5. The van der Waals surface area contributed by atoms with Crippen LogP contribution in [-0.4, -0.2) is 10.2 Å². The molecule has 1 aliphatic rings. The van der Waals surface area contributed by atoms with Crippen molar-refractivity contribution in [3.63, 3.8) is 0 Å². The molecular weight excluding hydrogens is 350 g/mol. The number of carbonyl (C=O) groups is 1. The molecule has 3 rings (SSSR count). The number of nitrogens with one attached hydrogen (secondary N) is 1. The van der Waals surface area contributed by atoms with Gasteiger partial charge in [0, 0.05) is 0 Å². The number of thioether (sulfide) groups is 1. The first-order valence-corrected chi connectivity index (χ1v) is 9.34. The Balaban J connectivity index is 1.85. The van der Waals surface area contributed by atoms with Crippen molar-refractivity contribution in [2.45, 2.75) is 26.9 Å². The van der Waals surface area contributed by atoms with Crippen LogP contribution in [0.3, 0.4) is 0 Å². The predicted molar refractivity (Wildman–Crippen MR) is 108 cm³/mol. The quantitative estimate of drug-likeness (QED) is 0.616. The highest BCUT2D eigenvalue weighted by molar-refractivity contribution is 8.26. The summed E-state index contributed by atoms with van der Waals surface area (Å²) in [5, 5.41) is 2.64. The number of rotatable bonds is 5. The van der Waals surface area contributed by atoms with Crippen molar-refractivity contribution in [2.24, 2.45) is 0 Å². The molecule has 3 nitrogen and oxygen atoms in total. The monoisotopic (exact) mass is 369 g/mol. The third kappa shape index (κ3) is 4.30. The van der Waals surface area contributed by atoms with Gasteiger partial charge in [-0.15, -0.1) is 0 Å². The Morgan fingerprint density at radius 1 is 1.24 bits per heavy atom. The lowest BCUT2D eigenvalue weighted by molar-refractivity contribution is -0.115. The second-order valence-corrected chi connectivity index (χ2v) is 7.52. The molecule has 25 heavy (non-hydrogen) atoms. The van der Waals surface area contributed by atoms with Gasteiger partial charge in [-0.2, -0.15) is 0 Å². The fourth-order valence-corrected chi connectivity index (χ4v) is 3.78. The van der Waals surface area contributed by atoms with Crippen molar-refractivity contribution >= 4 is 40.3 Å². The number of benzene rings is 2. The summed E-state index contributed by atoms with van der Waals surface area (Å²) >= 11 is 6.34. The van der Waals surface area contributed by atoms with E-state index >= 15 is 0 Å². The summed E-state index contributed by atoms with van der Waals surface area (Å²) in [4.78, 5) is 12.5. The van der Waals surface area contributed by atoms with Gasteiger partial charge in [0.1, 0.15) is 16.7 Å². The van der Waals surface area contributed by atoms with Gasteiger partial charge in [0.25, 0.3) is 5.91 Å². The summed E-state index contributed by atoms with van der Waals surface area (Å²) in [5.74, 6) is 0.794. The maximum Gasteiger partial charge on any atom is 0.263 e. The standard InChI is InChI=1S/C20H19NO2S2/c1-3-16-10-15(11-17-19(22)21-20(24)25-17)9-13(2)18(16)23-12-14-7-5-4-6-8-14/h4-11H,3,12H2,1-2H3,(H,21,22,24)/b17-11-. The Bertz CT molecular complexity index is 844. The second kappa shape index (κ2) is 7.85. The minimum Gasteiger partial charge on any atom is -0.488 e. The van der Waals surface area contributed by atoms with Crippen LogP contribution in [0.1, 0.15) is 29.2 Å². The summed E-state index contributed by atoms with van der Waals surface area (Å²) in [6.07, 6.45) is 2.74. The van der Waals surface area contributed by atoms with Crippen LogP contribution in [0.4, 0.5) is 0 Å². The van der Waals surface area contributed by atoms with Crippen LogP contribution in [0, 0.1) is 6.92 Å². The van der Waals surface area contributed by atoms with Gasteiger partial charge in [-0.3, -0.25) is 4.79 Å². The lowest BCUT2D eigenvalue weighted by atomic mass is 10.0. The first kappa shape index (κ1) is 17.7. The molecule has 0 spiro atoms. The molecule has 1 fully saturated rings. The average molecular weight is 370 g/mol. The van der Waals surface area contributed by atoms with Crippen molar-refractivity contribution in [1.29, 1.82) is 0 Å². The molecule has 0 atom stereocenters. The minimum atomic E-state index is -0.130. The zero-order valence-corrected chi connectivity index (χ0v) is 15.8. The van der Waals surface area contributed by atoms with Crippen molar-refractivity contribution in [3.05, 3.63) is 69.6 Å². The number of aryl methyl sites for hydroxylation is 2. The van der Waals surface area contributed by atoms with E-state index in [1.54, 1.807) is 0 Å². The highest BCUT2D eigenvalue weighted by Gasteiger charge is 2.22. The van der Waals surface area contributed by atoms with Crippen molar-refractivity contribution in [2.75, 3.05) is 0 Å². The van der Waals surface area contributed by atoms with E-state index in [0.29, 0.717) is 15.8 Å². The number of amides is 1. The maximum atomic E-state index is 11.8. The Hall–Kier alpha value is -2.11. The minimum absolute atomic E-state index is 0.130. The largest absolute Gasteiger partial charge is 0.488 e.